The number of carboxylic acid groups (broad SMARTS) is 1. The molecule has 0 spiro atoms. The molecule has 0 saturated carbocycles. The van der Waals surface area contributed by atoms with Gasteiger partial charge in [0.15, 0.2) is 9.84 Å². The number of carbonyl (C=O) groups excluding carboxylic acids is 1. The second-order valence-corrected chi connectivity index (χ2v) is 6.79. The van der Waals surface area contributed by atoms with Crippen LogP contribution in [0.3, 0.4) is 0 Å². The maximum atomic E-state index is 11.4. The number of carbonyl (C=O) groups is 2. The van der Waals surface area contributed by atoms with Crippen LogP contribution < -0.4 is 15.4 Å². The van der Waals surface area contributed by atoms with Crippen LogP contribution in [0, 0.1) is 0 Å². The Morgan fingerprint density at radius 3 is 2.30 bits per heavy atom. The smallest absolute Gasteiger partial charge is 0.314 e. The zero-order chi connectivity index (χ0) is 17.3. The second kappa shape index (κ2) is 8.99. The van der Waals surface area contributed by atoms with Crippen molar-refractivity contribution in [2.24, 2.45) is 0 Å². The highest BCUT2D eigenvalue weighted by Crippen LogP contribution is 2.15. The van der Waals surface area contributed by atoms with E-state index in [2.05, 4.69) is 10.6 Å². The standard InChI is InChI=1S/C14H20N2O6S/c1-23(20,21)12-6-4-11(5-7-12)22-10-9-16-14(19)15-8-2-3-13(17)18/h4-7H,2-3,8-10H2,1H3,(H,17,18)(H2,15,16,19). The fourth-order valence-electron chi connectivity index (χ4n) is 1.62. The van der Waals surface area contributed by atoms with Crippen molar-refractivity contribution < 1.29 is 27.9 Å². The molecule has 1 rings (SSSR count). The molecule has 0 bridgehead atoms. The van der Waals surface area contributed by atoms with Crippen LogP contribution in [0.5, 0.6) is 5.75 Å². The Morgan fingerprint density at radius 1 is 1.13 bits per heavy atom. The number of carboxylic acids is 1. The molecule has 0 fully saturated rings. The molecular weight excluding hydrogens is 324 g/mol. The Labute approximate surface area is 134 Å². The van der Waals surface area contributed by atoms with E-state index >= 15 is 0 Å². The number of urea groups is 1. The fraction of sp³-hybridized carbons (Fsp3) is 0.429. The number of nitrogens with one attached hydrogen (secondary N) is 2. The van der Waals surface area contributed by atoms with Gasteiger partial charge >= 0.3 is 12.0 Å². The third-order valence-corrected chi connectivity index (χ3v) is 3.89. The van der Waals surface area contributed by atoms with Gasteiger partial charge in [-0.1, -0.05) is 0 Å². The Balaban J connectivity index is 2.19. The van der Waals surface area contributed by atoms with Crippen molar-refractivity contribution >= 4 is 21.8 Å². The molecule has 0 aromatic heterocycles. The first-order chi connectivity index (χ1) is 10.8. The average molecular weight is 344 g/mol. The molecule has 2 amide bonds. The molecule has 0 aliphatic carbocycles. The molecule has 0 saturated heterocycles. The highest BCUT2D eigenvalue weighted by molar-refractivity contribution is 7.90. The van der Waals surface area contributed by atoms with Gasteiger partial charge in [-0.25, -0.2) is 13.2 Å². The van der Waals surface area contributed by atoms with Gasteiger partial charge in [-0.2, -0.15) is 0 Å². The van der Waals surface area contributed by atoms with E-state index in [1.54, 1.807) is 12.1 Å². The molecule has 0 aliphatic heterocycles. The van der Waals surface area contributed by atoms with Crippen molar-refractivity contribution in [3.8, 4) is 5.75 Å². The van der Waals surface area contributed by atoms with Crippen molar-refractivity contribution in [1.29, 1.82) is 0 Å². The van der Waals surface area contributed by atoms with E-state index in [-0.39, 0.29) is 31.0 Å². The SMILES string of the molecule is CS(=O)(=O)c1ccc(OCCNC(=O)NCCCC(=O)O)cc1. The van der Waals surface area contributed by atoms with Gasteiger partial charge in [0.2, 0.25) is 0 Å². The molecule has 0 heterocycles. The topological polar surface area (TPSA) is 122 Å². The Hall–Kier alpha value is -2.29. The Kier molecular flexibility index (Phi) is 7.33. The van der Waals surface area contributed by atoms with Crippen molar-refractivity contribution in [1.82, 2.24) is 10.6 Å². The summed E-state index contributed by atoms with van der Waals surface area (Å²) < 4.78 is 28.0. The molecule has 1 aromatic carbocycles. The number of amides is 2. The van der Waals surface area contributed by atoms with E-state index in [4.69, 9.17) is 9.84 Å². The molecule has 0 unspecified atom stereocenters. The Bertz CT molecular complexity index is 627. The third kappa shape index (κ3) is 8.05. The summed E-state index contributed by atoms with van der Waals surface area (Å²) in [5.41, 5.74) is 0. The van der Waals surface area contributed by atoms with Crippen LogP contribution in [-0.4, -0.2) is 51.5 Å². The third-order valence-electron chi connectivity index (χ3n) is 2.76. The number of rotatable bonds is 9. The minimum atomic E-state index is -3.23. The average Bonchev–Trinajstić information content (AvgIpc) is 2.47. The monoisotopic (exact) mass is 344 g/mol. The first-order valence-corrected chi connectivity index (χ1v) is 8.84. The van der Waals surface area contributed by atoms with Crippen LogP contribution in [0.1, 0.15) is 12.8 Å². The summed E-state index contributed by atoms with van der Waals surface area (Å²) in [7, 11) is -3.23. The molecule has 128 valence electrons. The van der Waals surface area contributed by atoms with Crippen molar-refractivity contribution in [2.75, 3.05) is 26.0 Å². The lowest BCUT2D eigenvalue weighted by atomic mass is 10.3. The van der Waals surface area contributed by atoms with Gasteiger partial charge < -0.3 is 20.5 Å². The number of benzene rings is 1. The highest BCUT2D eigenvalue weighted by Gasteiger charge is 2.06. The van der Waals surface area contributed by atoms with E-state index in [1.165, 1.54) is 12.1 Å². The number of hydrogen-bond acceptors (Lipinski definition) is 5. The number of hydrogen-bond donors (Lipinski definition) is 3. The summed E-state index contributed by atoms with van der Waals surface area (Å²) in [6.45, 7) is 0.769. The minimum absolute atomic E-state index is 0.00681. The van der Waals surface area contributed by atoms with Gasteiger partial charge in [0.25, 0.3) is 0 Å². The Morgan fingerprint density at radius 2 is 1.74 bits per heavy atom. The van der Waals surface area contributed by atoms with E-state index < -0.39 is 21.8 Å². The zero-order valence-electron chi connectivity index (χ0n) is 12.7. The van der Waals surface area contributed by atoms with E-state index in [1.807, 2.05) is 0 Å². The summed E-state index contributed by atoms with van der Waals surface area (Å²) in [6.07, 6.45) is 1.50. The van der Waals surface area contributed by atoms with Crippen molar-refractivity contribution in [3.05, 3.63) is 24.3 Å². The summed E-state index contributed by atoms with van der Waals surface area (Å²) in [6, 6.07) is 5.59. The van der Waals surface area contributed by atoms with Gasteiger partial charge in [0.05, 0.1) is 11.4 Å². The van der Waals surface area contributed by atoms with E-state index in [0.717, 1.165) is 6.26 Å². The van der Waals surface area contributed by atoms with Gasteiger partial charge in [-0.05, 0) is 30.7 Å². The van der Waals surface area contributed by atoms with E-state index in [0.29, 0.717) is 12.2 Å². The highest BCUT2D eigenvalue weighted by atomic mass is 32.2. The lowest BCUT2D eigenvalue weighted by Gasteiger charge is -2.09. The van der Waals surface area contributed by atoms with Crippen LogP contribution in [0.15, 0.2) is 29.2 Å². The van der Waals surface area contributed by atoms with Gasteiger partial charge in [-0.3, -0.25) is 4.79 Å². The van der Waals surface area contributed by atoms with Crippen LogP contribution in [0.25, 0.3) is 0 Å². The maximum Gasteiger partial charge on any atom is 0.314 e. The van der Waals surface area contributed by atoms with Gasteiger partial charge in [0, 0.05) is 19.2 Å². The predicted molar refractivity (Wildman–Crippen MR) is 83.3 cm³/mol. The molecule has 3 N–H and O–H groups in total. The molecular formula is C14H20N2O6S. The van der Waals surface area contributed by atoms with Crippen molar-refractivity contribution in [3.63, 3.8) is 0 Å². The minimum Gasteiger partial charge on any atom is -0.492 e. The summed E-state index contributed by atoms with van der Waals surface area (Å²) in [5, 5.41) is 13.5. The summed E-state index contributed by atoms with van der Waals surface area (Å²) in [4.78, 5) is 21.9. The molecule has 0 radical (unpaired) electrons. The molecule has 0 atom stereocenters. The second-order valence-electron chi connectivity index (χ2n) is 4.77. The van der Waals surface area contributed by atoms with E-state index in [9.17, 15) is 18.0 Å². The van der Waals surface area contributed by atoms with Gasteiger partial charge in [-0.15, -0.1) is 0 Å². The summed E-state index contributed by atoms with van der Waals surface area (Å²) >= 11 is 0. The first kappa shape index (κ1) is 18.8. The largest absolute Gasteiger partial charge is 0.492 e. The first-order valence-electron chi connectivity index (χ1n) is 6.95. The fourth-order valence-corrected chi connectivity index (χ4v) is 2.25. The normalized spacial score (nSPS) is 10.8. The lowest BCUT2D eigenvalue weighted by molar-refractivity contribution is -0.137. The van der Waals surface area contributed by atoms with Crippen LogP contribution >= 0.6 is 0 Å². The zero-order valence-corrected chi connectivity index (χ0v) is 13.6. The number of ether oxygens (including phenoxy) is 1. The van der Waals surface area contributed by atoms with Crippen LogP contribution in [-0.2, 0) is 14.6 Å². The van der Waals surface area contributed by atoms with Gasteiger partial charge in [0.1, 0.15) is 12.4 Å². The molecule has 23 heavy (non-hydrogen) atoms. The lowest BCUT2D eigenvalue weighted by Crippen LogP contribution is -2.38. The predicted octanol–water partition coefficient (Wildman–Crippen LogP) is 0.633. The van der Waals surface area contributed by atoms with Crippen molar-refractivity contribution in [2.45, 2.75) is 17.7 Å². The summed E-state index contributed by atoms with van der Waals surface area (Å²) in [5.74, 6) is -0.399. The quantitative estimate of drug-likeness (QED) is 0.565. The molecule has 8 nitrogen and oxygen atoms in total. The molecule has 0 aliphatic rings. The number of sulfone groups is 1. The molecule has 1 aromatic rings. The molecule has 9 heteroatoms. The number of aliphatic carboxylic acids is 1. The maximum absolute atomic E-state index is 11.4. The van der Waals surface area contributed by atoms with Crippen LogP contribution in [0.4, 0.5) is 4.79 Å². The van der Waals surface area contributed by atoms with Crippen LogP contribution in [0.2, 0.25) is 0 Å².